The summed E-state index contributed by atoms with van der Waals surface area (Å²) in [6, 6.07) is 7.13. The lowest BCUT2D eigenvalue weighted by Crippen LogP contribution is -2.41. The number of carbonyl (C=O) groups excluding carboxylic acids is 1. The topological polar surface area (TPSA) is 69.5 Å². The molecule has 0 spiro atoms. The number of hydrogen-bond donors (Lipinski definition) is 0. The summed E-state index contributed by atoms with van der Waals surface area (Å²) in [5.41, 5.74) is 0. The van der Waals surface area contributed by atoms with E-state index in [1.165, 1.54) is 11.8 Å². The van der Waals surface area contributed by atoms with Crippen LogP contribution in [0.5, 0.6) is 5.75 Å². The van der Waals surface area contributed by atoms with Crippen LogP contribution in [-0.4, -0.2) is 57.6 Å². The zero-order valence-electron chi connectivity index (χ0n) is 14.8. The zero-order chi connectivity index (χ0) is 19.1. The molecule has 9 heteroatoms. The van der Waals surface area contributed by atoms with Crippen LogP contribution in [0.3, 0.4) is 0 Å². The van der Waals surface area contributed by atoms with Gasteiger partial charge in [-0.2, -0.15) is 0 Å². The number of benzene rings is 1. The molecule has 2 aromatic rings. The molecule has 3 rings (SSSR count). The van der Waals surface area contributed by atoms with Crippen molar-refractivity contribution >= 4 is 29.3 Å². The molecule has 0 saturated carbocycles. The SMILES string of the molecule is C=CCn1c(COc2ccc(Cl)cc2)nnc1SCC(=O)N1CCOCC1. The molecule has 1 aromatic heterocycles. The fraction of sp³-hybridized carbons (Fsp3) is 0.389. The maximum Gasteiger partial charge on any atom is 0.233 e. The summed E-state index contributed by atoms with van der Waals surface area (Å²) in [5, 5.41) is 9.74. The van der Waals surface area contributed by atoms with Gasteiger partial charge in [0.2, 0.25) is 5.91 Å². The largest absolute Gasteiger partial charge is 0.486 e. The number of morpholine rings is 1. The molecule has 1 fully saturated rings. The minimum absolute atomic E-state index is 0.0791. The van der Waals surface area contributed by atoms with Crippen molar-refractivity contribution in [2.24, 2.45) is 0 Å². The van der Waals surface area contributed by atoms with Gasteiger partial charge in [0.15, 0.2) is 11.0 Å². The van der Waals surface area contributed by atoms with E-state index >= 15 is 0 Å². The highest BCUT2D eigenvalue weighted by Gasteiger charge is 2.19. The molecular weight excluding hydrogens is 388 g/mol. The van der Waals surface area contributed by atoms with E-state index in [-0.39, 0.29) is 12.5 Å². The highest BCUT2D eigenvalue weighted by molar-refractivity contribution is 7.99. The minimum Gasteiger partial charge on any atom is -0.486 e. The first-order valence-corrected chi connectivity index (χ1v) is 9.93. The van der Waals surface area contributed by atoms with Crippen LogP contribution in [0.25, 0.3) is 0 Å². The van der Waals surface area contributed by atoms with Crippen molar-refractivity contribution < 1.29 is 14.3 Å². The summed E-state index contributed by atoms with van der Waals surface area (Å²) in [4.78, 5) is 14.1. The van der Waals surface area contributed by atoms with Crippen molar-refractivity contribution in [3.63, 3.8) is 0 Å². The van der Waals surface area contributed by atoms with E-state index in [4.69, 9.17) is 21.1 Å². The van der Waals surface area contributed by atoms with E-state index in [1.54, 1.807) is 30.3 Å². The van der Waals surface area contributed by atoms with E-state index < -0.39 is 0 Å². The lowest BCUT2D eigenvalue weighted by Gasteiger charge is -2.26. The predicted octanol–water partition coefficient (Wildman–Crippen LogP) is 2.65. The first-order valence-electron chi connectivity index (χ1n) is 8.57. The molecule has 0 bridgehead atoms. The molecule has 7 nitrogen and oxygen atoms in total. The maximum atomic E-state index is 12.3. The molecule has 27 heavy (non-hydrogen) atoms. The van der Waals surface area contributed by atoms with Crippen LogP contribution in [-0.2, 0) is 22.7 Å². The van der Waals surface area contributed by atoms with Crippen LogP contribution in [0.1, 0.15) is 5.82 Å². The van der Waals surface area contributed by atoms with Crippen LogP contribution < -0.4 is 4.74 Å². The number of aromatic nitrogens is 3. The van der Waals surface area contributed by atoms with Crippen LogP contribution in [0.4, 0.5) is 0 Å². The molecule has 1 aliphatic rings. The highest BCUT2D eigenvalue weighted by Crippen LogP contribution is 2.20. The van der Waals surface area contributed by atoms with Gasteiger partial charge in [-0.1, -0.05) is 29.4 Å². The second-order valence-electron chi connectivity index (χ2n) is 5.82. The van der Waals surface area contributed by atoms with Gasteiger partial charge in [-0.3, -0.25) is 9.36 Å². The Hall–Kier alpha value is -2.03. The lowest BCUT2D eigenvalue weighted by atomic mass is 10.3. The number of halogens is 1. The predicted molar refractivity (Wildman–Crippen MR) is 104 cm³/mol. The van der Waals surface area contributed by atoms with Gasteiger partial charge in [-0.25, -0.2) is 0 Å². The third kappa shape index (κ3) is 5.47. The van der Waals surface area contributed by atoms with Crippen molar-refractivity contribution in [1.29, 1.82) is 0 Å². The molecular formula is C18H21ClN4O3S. The van der Waals surface area contributed by atoms with E-state index in [1.807, 2.05) is 9.47 Å². The number of allylic oxidation sites excluding steroid dienone is 1. The Morgan fingerprint density at radius 3 is 2.74 bits per heavy atom. The third-order valence-corrected chi connectivity index (χ3v) is 5.18. The number of ether oxygens (including phenoxy) is 2. The van der Waals surface area contributed by atoms with Crippen molar-refractivity contribution in [2.45, 2.75) is 18.3 Å². The van der Waals surface area contributed by atoms with Gasteiger partial charge in [-0.05, 0) is 24.3 Å². The number of amides is 1. The second kappa shape index (κ2) is 9.77. The molecule has 0 unspecified atom stereocenters. The smallest absolute Gasteiger partial charge is 0.233 e. The standard InChI is InChI=1S/C18H21ClN4O3S/c1-2-7-23-16(12-26-15-5-3-14(19)4-6-15)20-21-18(23)27-13-17(24)22-8-10-25-11-9-22/h2-6H,1,7-13H2. The molecule has 0 radical (unpaired) electrons. The molecule has 2 heterocycles. The van der Waals surface area contributed by atoms with E-state index in [9.17, 15) is 4.79 Å². The maximum absolute atomic E-state index is 12.3. The number of thioether (sulfide) groups is 1. The van der Waals surface area contributed by atoms with E-state index in [2.05, 4.69) is 16.8 Å². The molecule has 0 aliphatic carbocycles. The lowest BCUT2D eigenvalue weighted by molar-refractivity contribution is -0.132. The molecule has 1 amide bonds. The quantitative estimate of drug-likeness (QED) is 0.494. The van der Waals surface area contributed by atoms with Crippen molar-refractivity contribution in [1.82, 2.24) is 19.7 Å². The van der Waals surface area contributed by atoms with Gasteiger partial charge >= 0.3 is 0 Å². The third-order valence-electron chi connectivity index (χ3n) is 3.98. The van der Waals surface area contributed by atoms with Crippen LogP contribution in [0, 0.1) is 0 Å². The number of rotatable bonds is 8. The average Bonchev–Trinajstić information content (AvgIpc) is 3.08. The monoisotopic (exact) mass is 408 g/mol. The Morgan fingerprint density at radius 2 is 2.04 bits per heavy atom. The van der Waals surface area contributed by atoms with Gasteiger partial charge in [0.1, 0.15) is 12.4 Å². The van der Waals surface area contributed by atoms with Gasteiger partial charge in [0.25, 0.3) is 0 Å². The fourth-order valence-electron chi connectivity index (χ4n) is 2.55. The van der Waals surface area contributed by atoms with E-state index in [0.717, 1.165) is 0 Å². The second-order valence-corrected chi connectivity index (χ2v) is 7.20. The number of hydrogen-bond acceptors (Lipinski definition) is 6. The highest BCUT2D eigenvalue weighted by atomic mass is 35.5. The summed E-state index contributed by atoms with van der Waals surface area (Å²) >= 11 is 7.25. The molecule has 0 atom stereocenters. The summed E-state index contributed by atoms with van der Waals surface area (Å²) in [5.74, 6) is 1.76. The Balaban J connectivity index is 1.60. The molecule has 1 saturated heterocycles. The summed E-state index contributed by atoms with van der Waals surface area (Å²) in [6.07, 6.45) is 1.77. The van der Waals surface area contributed by atoms with Crippen LogP contribution in [0.15, 0.2) is 42.1 Å². The normalized spacial score (nSPS) is 14.2. The Morgan fingerprint density at radius 1 is 1.30 bits per heavy atom. The molecule has 1 aliphatic heterocycles. The van der Waals surface area contributed by atoms with E-state index in [0.29, 0.717) is 60.4 Å². The summed E-state index contributed by atoms with van der Waals surface area (Å²) in [6.45, 7) is 7.05. The van der Waals surface area contributed by atoms with Crippen molar-refractivity contribution in [3.8, 4) is 5.75 Å². The Kier molecular flexibility index (Phi) is 7.14. The number of carbonyl (C=O) groups is 1. The average molecular weight is 409 g/mol. The van der Waals surface area contributed by atoms with Gasteiger partial charge in [0, 0.05) is 24.7 Å². The molecule has 144 valence electrons. The molecule has 1 aromatic carbocycles. The van der Waals surface area contributed by atoms with Crippen LogP contribution >= 0.6 is 23.4 Å². The van der Waals surface area contributed by atoms with Crippen LogP contribution in [0.2, 0.25) is 5.02 Å². The van der Waals surface area contributed by atoms with Crippen molar-refractivity contribution in [3.05, 3.63) is 47.8 Å². The fourth-order valence-corrected chi connectivity index (χ4v) is 3.55. The number of nitrogens with zero attached hydrogens (tertiary/aromatic N) is 4. The summed E-state index contributed by atoms with van der Waals surface area (Å²) < 4.78 is 12.9. The Bertz CT molecular complexity index is 775. The first-order chi connectivity index (χ1) is 13.2. The Labute approximate surface area is 167 Å². The van der Waals surface area contributed by atoms with Gasteiger partial charge < -0.3 is 14.4 Å². The van der Waals surface area contributed by atoms with Gasteiger partial charge in [0.05, 0.1) is 19.0 Å². The minimum atomic E-state index is 0.0791. The van der Waals surface area contributed by atoms with Gasteiger partial charge in [-0.15, -0.1) is 16.8 Å². The molecule has 0 N–H and O–H groups in total. The van der Waals surface area contributed by atoms with Crippen molar-refractivity contribution in [2.75, 3.05) is 32.1 Å². The first kappa shape index (κ1) is 19.7. The summed E-state index contributed by atoms with van der Waals surface area (Å²) in [7, 11) is 0. The zero-order valence-corrected chi connectivity index (χ0v) is 16.4.